The molecular formula is C16H16N4O2S2. The van der Waals surface area contributed by atoms with E-state index < -0.39 is 16.1 Å². The van der Waals surface area contributed by atoms with Crippen molar-refractivity contribution in [2.24, 2.45) is 0 Å². The lowest BCUT2D eigenvalue weighted by Crippen LogP contribution is -2.27. The molecule has 3 rings (SSSR count). The van der Waals surface area contributed by atoms with Gasteiger partial charge in [-0.2, -0.15) is 0 Å². The van der Waals surface area contributed by atoms with E-state index in [1.54, 1.807) is 43.0 Å². The van der Waals surface area contributed by atoms with Crippen molar-refractivity contribution >= 4 is 21.4 Å². The van der Waals surface area contributed by atoms with E-state index in [1.807, 2.05) is 19.1 Å². The summed E-state index contributed by atoms with van der Waals surface area (Å²) in [4.78, 5) is 12.8. The first-order valence-electron chi connectivity index (χ1n) is 7.27. The van der Waals surface area contributed by atoms with Crippen molar-refractivity contribution in [2.45, 2.75) is 24.1 Å². The maximum absolute atomic E-state index is 12.3. The smallest absolute Gasteiger partial charge is 0.250 e. The summed E-state index contributed by atoms with van der Waals surface area (Å²) < 4.78 is 27.6. The third kappa shape index (κ3) is 3.50. The van der Waals surface area contributed by atoms with Crippen LogP contribution in [-0.4, -0.2) is 23.4 Å². The van der Waals surface area contributed by atoms with Gasteiger partial charge in [0.2, 0.25) is 0 Å². The van der Waals surface area contributed by atoms with Crippen LogP contribution in [0.1, 0.15) is 24.2 Å². The van der Waals surface area contributed by atoms with E-state index in [0.29, 0.717) is 10.0 Å². The molecule has 3 heterocycles. The van der Waals surface area contributed by atoms with Crippen molar-refractivity contribution in [3.8, 4) is 11.4 Å². The molecule has 0 spiro atoms. The normalized spacial score (nSPS) is 12.9. The van der Waals surface area contributed by atoms with Gasteiger partial charge in [0.1, 0.15) is 4.21 Å². The number of pyridine rings is 1. The molecule has 124 valence electrons. The topological polar surface area (TPSA) is 84.8 Å². The van der Waals surface area contributed by atoms with E-state index in [9.17, 15) is 8.42 Å². The zero-order valence-corrected chi connectivity index (χ0v) is 14.8. The van der Waals surface area contributed by atoms with Crippen molar-refractivity contribution < 1.29 is 8.42 Å². The van der Waals surface area contributed by atoms with Crippen LogP contribution in [0, 0.1) is 6.92 Å². The molecule has 3 aromatic heterocycles. The molecule has 0 fully saturated rings. The van der Waals surface area contributed by atoms with Gasteiger partial charge in [-0.1, -0.05) is 6.07 Å². The summed E-state index contributed by atoms with van der Waals surface area (Å²) in [5.74, 6) is 0.590. The quantitative estimate of drug-likeness (QED) is 0.756. The predicted octanol–water partition coefficient (Wildman–Crippen LogP) is 2.95. The molecule has 6 nitrogen and oxygen atoms in total. The van der Waals surface area contributed by atoms with Crippen LogP contribution in [-0.2, 0) is 10.0 Å². The molecule has 0 aliphatic heterocycles. The standard InChI is InChI=1S/C16H16N4O2S2/c1-11-14(10-18-16(19-11)13-5-7-17-8-6-13)12(2)20-24(21,22)15-4-3-9-23-15/h3-10,12,20H,1-2H3. The number of aryl methyl sites for hydroxylation is 1. The first-order valence-corrected chi connectivity index (χ1v) is 9.63. The molecule has 0 saturated heterocycles. The van der Waals surface area contributed by atoms with E-state index in [4.69, 9.17) is 0 Å². The Bertz CT molecular complexity index is 926. The van der Waals surface area contributed by atoms with Crippen LogP contribution in [0.5, 0.6) is 0 Å². The minimum absolute atomic E-state index is 0.293. The molecule has 1 N–H and O–H groups in total. The fourth-order valence-electron chi connectivity index (χ4n) is 2.31. The van der Waals surface area contributed by atoms with Crippen LogP contribution >= 0.6 is 11.3 Å². The predicted molar refractivity (Wildman–Crippen MR) is 93.1 cm³/mol. The number of aromatic nitrogens is 3. The molecular weight excluding hydrogens is 344 g/mol. The summed E-state index contributed by atoms with van der Waals surface area (Å²) in [6.45, 7) is 3.63. The molecule has 0 aliphatic carbocycles. The van der Waals surface area contributed by atoms with Gasteiger partial charge in [0.25, 0.3) is 10.0 Å². The molecule has 1 unspecified atom stereocenters. The Labute approximate surface area is 144 Å². The minimum Gasteiger partial charge on any atom is -0.265 e. The summed E-state index contributed by atoms with van der Waals surface area (Å²) >= 11 is 1.18. The highest BCUT2D eigenvalue weighted by atomic mass is 32.2. The maximum atomic E-state index is 12.3. The van der Waals surface area contributed by atoms with Crippen LogP contribution in [0.15, 0.2) is 52.4 Å². The van der Waals surface area contributed by atoms with Crippen LogP contribution in [0.3, 0.4) is 0 Å². The summed E-state index contributed by atoms with van der Waals surface area (Å²) in [6.07, 6.45) is 5.03. The maximum Gasteiger partial charge on any atom is 0.250 e. The molecule has 0 aromatic carbocycles. The minimum atomic E-state index is -3.54. The SMILES string of the molecule is Cc1nc(-c2ccncc2)ncc1C(C)NS(=O)(=O)c1cccs1. The molecule has 0 bridgehead atoms. The number of rotatable bonds is 5. The molecule has 0 aliphatic rings. The van der Waals surface area contributed by atoms with Gasteiger partial charge in [0, 0.05) is 41.5 Å². The highest BCUT2D eigenvalue weighted by molar-refractivity contribution is 7.91. The number of sulfonamides is 1. The highest BCUT2D eigenvalue weighted by Gasteiger charge is 2.21. The third-order valence-corrected chi connectivity index (χ3v) is 6.45. The Kier molecular flexibility index (Phi) is 4.70. The second-order valence-corrected chi connectivity index (χ2v) is 8.13. The lowest BCUT2D eigenvalue weighted by atomic mass is 10.1. The van der Waals surface area contributed by atoms with E-state index in [1.165, 1.54) is 11.3 Å². The Hall–Kier alpha value is -2.16. The van der Waals surface area contributed by atoms with E-state index >= 15 is 0 Å². The molecule has 3 aromatic rings. The molecule has 1 atom stereocenters. The zero-order chi connectivity index (χ0) is 17.2. The van der Waals surface area contributed by atoms with Crippen LogP contribution in [0.4, 0.5) is 0 Å². The van der Waals surface area contributed by atoms with Gasteiger partial charge in [-0.3, -0.25) is 4.98 Å². The fourth-order valence-corrected chi connectivity index (χ4v) is 4.54. The fraction of sp³-hybridized carbons (Fsp3) is 0.188. The van der Waals surface area contributed by atoms with Gasteiger partial charge in [-0.05, 0) is 37.4 Å². The number of thiophene rings is 1. The molecule has 8 heteroatoms. The van der Waals surface area contributed by atoms with Crippen LogP contribution in [0.2, 0.25) is 0 Å². The molecule has 0 amide bonds. The van der Waals surface area contributed by atoms with E-state index in [-0.39, 0.29) is 0 Å². The summed E-state index contributed by atoms with van der Waals surface area (Å²) in [6, 6.07) is 6.52. The molecule has 0 radical (unpaired) electrons. The van der Waals surface area contributed by atoms with Crippen molar-refractivity contribution in [3.63, 3.8) is 0 Å². The lowest BCUT2D eigenvalue weighted by molar-refractivity contribution is 0.567. The first-order chi connectivity index (χ1) is 11.5. The average molecular weight is 360 g/mol. The van der Waals surface area contributed by atoms with Gasteiger partial charge in [0.15, 0.2) is 5.82 Å². The Balaban J connectivity index is 1.85. The van der Waals surface area contributed by atoms with E-state index in [2.05, 4.69) is 19.7 Å². The third-order valence-electron chi connectivity index (χ3n) is 3.51. The Morgan fingerprint density at radius 1 is 1.21 bits per heavy atom. The lowest BCUT2D eigenvalue weighted by Gasteiger charge is -2.16. The van der Waals surface area contributed by atoms with Crippen molar-refractivity contribution in [2.75, 3.05) is 0 Å². The van der Waals surface area contributed by atoms with Gasteiger partial charge in [-0.25, -0.2) is 23.1 Å². The van der Waals surface area contributed by atoms with Crippen molar-refractivity contribution in [3.05, 3.63) is 59.5 Å². The van der Waals surface area contributed by atoms with Crippen molar-refractivity contribution in [1.82, 2.24) is 19.7 Å². The van der Waals surface area contributed by atoms with E-state index in [0.717, 1.165) is 16.8 Å². The van der Waals surface area contributed by atoms with Gasteiger partial charge >= 0.3 is 0 Å². The summed E-state index contributed by atoms with van der Waals surface area (Å²) in [7, 11) is -3.54. The summed E-state index contributed by atoms with van der Waals surface area (Å²) in [5.41, 5.74) is 2.34. The van der Waals surface area contributed by atoms with Crippen LogP contribution < -0.4 is 4.72 Å². The second-order valence-electron chi connectivity index (χ2n) is 5.25. The van der Waals surface area contributed by atoms with Crippen LogP contribution in [0.25, 0.3) is 11.4 Å². The number of hydrogen-bond donors (Lipinski definition) is 1. The first kappa shape index (κ1) is 16.7. The Morgan fingerprint density at radius 3 is 2.58 bits per heavy atom. The second kappa shape index (κ2) is 6.76. The average Bonchev–Trinajstić information content (AvgIpc) is 3.10. The zero-order valence-electron chi connectivity index (χ0n) is 13.2. The number of nitrogens with one attached hydrogen (secondary N) is 1. The Morgan fingerprint density at radius 2 is 1.96 bits per heavy atom. The van der Waals surface area contributed by atoms with Gasteiger partial charge in [0.05, 0.1) is 0 Å². The highest BCUT2D eigenvalue weighted by Crippen LogP contribution is 2.23. The summed E-state index contributed by atoms with van der Waals surface area (Å²) in [5, 5.41) is 1.73. The molecule has 24 heavy (non-hydrogen) atoms. The number of hydrogen-bond acceptors (Lipinski definition) is 6. The van der Waals surface area contributed by atoms with Gasteiger partial charge in [-0.15, -0.1) is 11.3 Å². The monoisotopic (exact) mass is 360 g/mol. The number of nitrogens with zero attached hydrogens (tertiary/aromatic N) is 3. The molecule has 0 saturated carbocycles. The van der Waals surface area contributed by atoms with Crippen molar-refractivity contribution in [1.29, 1.82) is 0 Å². The van der Waals surface area contributed by atoms with Gasteiger partial charge < -0.3 is 0 Å². The largest absolute Gasteiger partial charge is 0.265 e.